The zero-order chi connectivity index (χ0) is 34.5. The second kappa shape index (κ2) is 12.5. The molecule has 4 heterocycles. The number of amides is 2. The largest absolute Gasteiger partial charge is 0.454 e. The van der Waals surface area contributed by atoms with Gasteiger partial charge in [-0.2, -0.15) is 0 Å². The third kappa shape index (κ3) is 6.10. The minimum atomic E-state index is -3.67. The van der Waals surface area contributed by atoms with Crippen LogP contribution in [0, 0.1) is 11.6 Å². The number of sulfone groups is 1. The van der Waals surface area contributed by atoms with E-state index in [4.69, 9.17) is 4.74 Å². The van der Waals surface area contributed by atoms with Crippen molar-refractivity contribution in [3.63, 3.8) is 0 Å². The number of aromatic nitrogens is 2. The average Bonchev–Trinajstić information content (AvgIpc) is 3.67. The molecule has 0 bridgehead atoms. The van der Waals surface area contributed by atoms with Crippen molar-refractivity contribution in [1.29, 1.82) is 0 Å². The maximum absolute atomic E-state index is 14.6. The van der Waals surface area contributed by atoms with Crippen LogP contribution < -0.4 is 10.3 Å². The van der Waals surface area contributed by atoms with E-state index in [9.17, 15) is 31.6 Å². The molecule has 4 aromatic rings. The molecule has 2 aromatic carbocycles. The Labute approximate surface area is 276 Å². The Bertz CT molecular complexity index is 2100. The molecule has 11 nitrogen and oxygen atoms in total. The number of fused-ring (bicyclic) bond motifs is 1. The molecule has 0 radical (unpaired) electrons. The highest BCUT2D eigenvalue weighted by molar-refractivity contribution is 7.90. The Morgan fingerprint density at radius 2 is 1.71 bits per heavy atom. The summed E-state index contributed by atoms with van der Waals surface area (Å²) in [5, 5.41) is 0.500. The number of piperidine rings is 1. The fourth-order valence-electron chi connectivity index (χ4n) is 6.84. The van der Waals surface area contributed by atoms with Crippen LogP contribution in [-0.2, 0) is 33.0 Å². The monoisotopic (exact) mass is 681 g/mol. The number of H-pyrrole nitrogens is 1. The van der Waals surface area contributed by atoms with Gasteiger partial charge in [0, 0.05) is 94.5 Å². The number of aryl methyl sites for hydroxylation is 1. The molecule has 0 aliphatic carbocycles. The number of ether oxygens (including phenoxy) is 1. The molecule has 2 aromatic heterocycles. The maximum Gasteiger partial charge on any atom is 0.274 e. The molecular formula is C34H37F2N5O6S. The van der Waals surface area contributed by atoms with Gasteiger partial charge in [-0.3, -0.25) is 19.3 Å². The van der Waals surface area contributed by atoms with Gasteiger partial charge in [-0.05, 0) is 55.7 Å². The summed E-state index contributed by atoms with van der Waals surface area (Å²) in [6, 6.07) is 8.84. The molecular weight excluding hydrogens is 644 g/mol. The second-order valence-electron chi connectivity index (χ2n) is 12.8. The van der Waals surface area contributed by atoms with Crippen LogP contribution in [0.4, 0.5) is 8.78 Å². The third-order valence-corrected chi connectivity index (χ3v) is 10.4. The van der Waals surface area contributed by atoms with E-state index in [1.54, 1.807) is 37.1 Å². The van der Waals surface area contributed by atoms with E-state index in [-0.39, 0.29) is 44.8 Å². The van der Waals surface area contributed by atoms with Crippen molar-refractivity contribution in [3.05, 3.63) is 76.3 Å². The van der Waals surface area contributed by atoms with Gasteiger partial charge >= 0.3 is 0 Å². The number of rotatable bonds is 8. The molecule has 0 unspecified atom stereocenters. The van der Waals surface area contributed by atoms with Crippen molar-refractivity contribution < 1.29 is 31.5 Å². The number of carbonyl (C=O) groups excluding carboxylic acids is 2. The molecule has 1 N–H and O–H groups in total. The van der Waals surface area contributed by atoms with Crippen molar-refractivity contribution in [3.8, 4) is 22.6 Å². The van der Waals surface area contributed by atoms with Crippen LogP contribution >= 0.6 is 0 Å². The van der Waals surface area contributed by atoms with Gasteiger partial charge < -0.3 is 24.1 Å². The van der Waals surface area contributed by atoms with Crippen molar-refractivity contribution in [2.75, 3.05) is 40.0 Å². The molecule has 0 atom stereocenters. The van der Waals surface area contributed by atoms with E-state index < -0.39 is 27.0 Å². The molecule has 48 heavy (non-hydrogen) atoms. The number of nitrogens with zero attached hydrogens (tertiary/aromatic N) is 4. The van der Waals surface area contributed by atoms with Crippen molar-refractivity contribution in [2.45, 2.75) is 42.7 Å². The first kappa shape index (κ1) is 33.3. The van der Waals surface area contributed by atoms with Gasteiger partial charge in [0.05, 0.1) is 4.90 Å². The number of aromatic amines is 1. The summed E-state index contributed by atoms with van der Waals surface area (Å²) < 4.78 is 60.6. The van der Waals surface area contributed by atoms with E-state index in [2.05, 4.69) is 9.88 Å². The van der Waals surface area contributed by atoms with Gasteiger partial charge in [0.1, 0.15) is 22.6 Å². The number of pyridine rings is 1. The lowest BCUT2D eigenvalue weighted by Crippen LogP contribution is -2.63. The highest BCUT2D eigenvalue weighted by Crippen LogP contribution is 2.40. The van der Waals surface area contributed by atoms with Crippen LogP contribution in [0.25, 0.3) is 22.0 Å². The van der Waals surface area contributed by atoms with Crippen LogP contribution in [0.5, 0.6) is 11.5 Å². The zero-order valence-electron chi connectivity index (χ0n) is 27.2. The van der Waals surface area contributed by atoms with Crippen molar-refractivity contribution in [1.82, 2.24) is 24.3 Å². The summed E-state index contributed by atoms with van der Waals surface area (Å²) in [7, 11) is 1.31. The smallest absolute Gasteiger partial charge is 0.274 e. The fraction of sp³-hybridized carbons (Fsp3) is 0.382. The normalized spacial score (nSPS) is 16.9. The lowest BCUT2D eigenvalue weighted by Gasteiger charge is -2.47. The van der Waals surface area contributed by atoms with Gasteiger partial charge in [-0.15, -0.1) is 0 Å². The zero-order valence-corrected chi connectivity index (χ0v) is 28.0. The number of hydrogen-bond donors (Lipinski definition) is 1. The molecule has 2 aliphatic heterocycles. The minimum Gasteiger partial charge on any atom is -0.454 e. The lowest BCUT2D eigenvalue weighted by atomic mass is 9.84. The first-order chi connectivity index (χ1) is 22.7. The highest BCUT2D eigenvalue weighted by atomic mass is 32.2. The van der Waals surface area contributed by atoms with Crippen LogP contribution in [-0.4, -0.2) is 90.0 Å². The second-order valence-corrected chi connectivity index (χ2v) is 14.8. The van der Waals surface area contributed by atoms with Crippen LogP contribution in [0.2, 0.25) is 0 Å². The Balaban J connectivity index is 1.36. The molecule has 2 aliphatic rings. The van der Waals surface area contributed by atoms with E-state index in [1.165, 1.54) is 22.8 Å². The van der Waals surface area contributed by atoms with Gasteiger partial charge in [0.2, 0.25) is 11.8 Å². The molecule has 6 rings (SSSR count). The quantitative estimate of drug-likeness (QED) is 0.298. The summed E-state index contributed by atoms with van der Waals surface area (Å²) in [6.45, 7) is 2.07. The van der Waals surface area contributed by atoms with E-state index in [0.717, 1.165) is 24.8 Å². The SMILES string of the molecule is CN(C)C(=O)C1(N2CCCC2=O)CCN(Cc2cc3c(-c4cc(S(C)(=O)=O)ccc4Oc4ccc(F)cc4F)cn(C)c(=O)c3[nH]2)CC1. The van der Waals surface area contributed by atoms with E-state index in [1.807, 2.05) is 6.07 Å². The molecule has 0 spiro atoms. The molecule has 2 saturated heterocycles. The van der Waals surface area contributed by atoms with Gasteiger partial charge in [-0.25, -0.2) is 17.2 Å². The standard InChI is InChI=1S/C34H37F2N5O6S/c1-38(2)33(44)34(41-13-5-6-30(41)42)11-14-40(15-12-34)19-22-17-25-26(20-39(3)32(43)31(25)37-22)24-18-23(48(4,45)46)8-10-28(24)47-29-9-7-21(35)16-27(29)36/h7-10,16-18,20,37H,5-6,11-15,19H2,1-4H3. The Kier molecular flexibility index (Phi) is 8.66. The number of likely N-dealkylation sites (tertiary alicyclic amines) is 2. The predicted octanol–water partition coefficient (Wildman–Crippen LogP) is 4.05. The number of benzene rings is 2. The number of carbonyl (C=O) groups is 2. The lowest BCUT2D eigenvalue weighted by molar-refractivity contribution is -0.153. The predicted molar refractivity (Wildman–Crippen MR) is 175 cm³/mol. The van der Waals surface area contributed by atoms with Crippen molar-refractivity contribution >= 4 is 32.6 Å². The molecule has 2 fully saturated rings. The molecule has 2 amide bonds. The number of hydrogen-bond acceptors (Lipinski definition) is 7. The summed E-state index contributed by atoms with van der Waals surface area (Å²) in [5.74, 6) is -1.95. The summed E-state index contributed by atoms with van der Waals surface area (Å²) in [6.07, 6.45) is 4.75. The van der Waals surface area contributed by atoms with Crippen LogP contribution in [0.3, 0.4) is 0 Å². The first-order valence-electron chi connectivity index (χ1n) is 15.6. The number of nitrogens with one attached hydrogen (secondary N) is 1. The summed E-state index contributed by atoms with van der Waals surface area (Å²) >= 11 is 0. The number of halogens is 2. The van der Waals surface area contributed by atoms with Crippen LogP contribution in [0.1, 0.15) is 31.4 Å². The third-order valence-electron chi connectivity index (χ3n) is 9.28. The minimum absolute atomic E-state index is 0.00287. The molecule has 14 heteroatoms. The average molecular weight is 682 g/mol. The van der Waals surface area contributed by atoms with Gasteiger partial charge in [0.15, 0.2) is 21.4 Å². The molecule has 0 saturated carbocycles. The number of likely N-dealkylation sites (N-methyl/N-ethyl adjacent to an activating group) is 1. The molecule has 254 valence electrons. The summed E-state index contributed by atoms with van der Waals surface area (Å²) in [5.41, 5.74) is 0.540. The Morgan fingerprint density at radius 3 is 2.33 bits per heavy atom. The first-order valence-corrected chi connectivity index (χ1v) is 17.5. The highest BCUT2D eigenvalue weighted by Gasteiger charge is 2.50. The van der Waals surface area contributed by atoms with E-state index >= 15 is 0 Å². The van der Waals surface area contributed by atoms with Gasteiger partial charge in [0.25, 0.3) is 5.56 Å². The Hall–Kier alpha value is -4.56. The van der Waals surface area contributed by atoms with Crippen LogP contribution in [0.15, 0.2) is 58.4 Å². The topological polar surface area (TPSA) is 125 Å². The van der Waals surface area contributed by atoms with Crippen molar-refractivity contribution in [2.24, 2.45) is 7.05 Å². The van der Waals surface area contributed by atoms with Gasteiger partial charge in [-0.1, -0.05) is 0 Å². The van der Waals surface area contributed by atoms with E-state index in [0.29, 0.717) is 68.2 Å². The fourth-order valence-corrected chi connectivity index (χ4v) is 7.49. The maximum atomic E-state index is 14.6. The Morgan fingerprint density at radius 1 is 1.00 bits per heavy atom. The summed E-state index contributed by atoms with van der Waals surface area (Å²) in [4.78, 5) is 48.2.